The highest BCUT2D eigenvalue weighted by Crippen LogP contribution is 2.25. The van der Waals surface area contributed by atoms with E-state index in [0.29, 0.717) is 11.4 Å². The second-order valence-corrected chi connectivity index (χ2v) is 5.46. The Bertz CT molecular complexity index is 653. The molecule has 0 radical (unpaired) electrons. The van der Waals surface area contributed by atoms with Crippen molar-refractivity contribution in [3.05, 3.63) is 54.1 Å². The number of amides is 1. The minimum Gasteiger partial charge on any atom is -0.489 e. The van der Waals surface area contributed by atoms with Gasteiger partial charge in [0.15, 0.2) is 6.61 Å². The molecule has 23 heavy (non-hydrogen) atoms. The Balaban J connectivity index is 1.97. The van der Waals surface area contributed by atoms with Crippen molar-refractivity contribution >= 4 is 11.6 Å². The van der Waals surface area contributed by atoms with E-state index in [-0.39, 0.29) is 18.6 Å². The molecule has 2 rings (SSSR count). The van der Waals surface area contributed by atoms with Gasteiger partial charge in [0.25, 0.3) is 5.91 Å². The highest BCUT2D eigenvalue weighted by molar-refractivity contribution is 5.93. The molecule has 0 aliphatic rings. The van der Waals surface area contributed by atoms with Crippen molar-refractivity contribution in [3.8, 4) is 11.5 Å². The zero-order chi connectivity index (χ0) is 16.7. The molecule has 0 unspecified atom stereocenters. The predicted octanol–water partition coefficient (Wildman–Crippen LogP) is 4.05. The normalized spacial score (nSPS) is 10.4. The number of aryl methyl sites for hydroxylation is 1. The van der Waals surface area contributed by atoms with Gasteiger partial charge in [0.05, 0.1) is 11.8 Å². The summed E-state index contributed by atoms with van der Waals surface area (Å²) in [6.45, 7) is 5.92. The first-order chi connectivity index (χ1) is 11.1. The van der Waals surface area contributed by atoms with E-state index in [4.69, 9.17) is 9.47 Å². The molecule has 0 atom stereocenters. The number of carbonyl (C=O) groups is 1. The van der Waals surface area contributed by atoms with Gasteiger partial charge in [-0.05, 0) is 44.0 Å². The van der Waals surface area contributed by atoms with Gasteiger partial charge in [-0.1, -0.05) is 37.3 Å². The summed E-state index contributed by atoms with van der Waals surface area (Å²) in [5.41, 5.74) is 1.74. The van der Waals surface area contributed by atoms with Crippen LogP contribution in [0.25, 0.3) is 0 Å². The number of carbonyl (C=O) groups excluding carboxylic acids is 1. The highest BCUT2D eigenvalue weighted by Gasteiger charge is 2.10. The summed E-state index contributed by atoms with van der Waals surface area (Å²) >= 11 is 0. The number of rotatable bonds is 7. The van der Waals surface area contributed by atoms with E-state index < -0.39 is 0 Å². The molecule has 0 aliphatic heterocycles. The topological polar surface area (TPSA) is 47.6 Å². The van der Waals surface area contributed by atoms with Gasteiger partial charge in [-0.2, -0.15) is 0 Å². The summed E-state index contributed by atoms with van der Waals surface area (Å²) in [6, 6.07) is 15.1. The first-order valence-electron chi connectivity index (χ1n) is 7.86. The molecular weight excluding hydrogens is 290 g/mol. The SMILES string of the molecule is CCc1ccccc1OCC(=O)Nc1ccccc1OC(C)C. The van der Waals surface area contributed by atoms with Crippen LogP contribution >= 0.6 is 0 Å². The fourth-order valence-corrected chi connectivity index (χ4v) is 2.19. The van der Waals surface area contributed by atoms with E-state index >= 15 is 0 Å². The van der Waals surface area contributed by atoms with Crippen LogP contribution in [0.2, 0.25) is 0 Å². The van der Waals surface area contributed by atoms with Crippen molar-refractivity contribution in [2.75, 3.05) is 11.9 Å². The summed E-state index contributed by atoms with van der Waals surface area (Å²) in [5, 5.41) is 2.83. The summed E-state index contributed by atoms with van der Waals surface area (Å²) in [5.74, 6) is 1.19. The number of anilines is 1. The molecule has 1 N–H and O–H groups in total. The Morgan fingerprint density at radius 3 is 2.39 bits per heavy atom. The lowest BCUT2D eigenvalue weighted by Crippen LogP contribution is -2.21. The standard InChI is InChI=1S/C19H23NO3/c1-4-15-9-5-7-11-17(15)22-13-19(21)20-16-10-6-8-12-18(16)23-14(2)3/h5-12,14H,4,13H2,1-3H3,(H,20,21). The molecule has 0 aromatic heterocycles. The van der Waals surface area contributed by atoms with Crippen molar-refractivity contribution in [2.45, 2.75) is 33.3 Å². The molecule has 0 saturated heterocycles. The van der Waals surface area contributed by atoms with Gasteiger partial charge in [-0.3, -0.25) is 4.79 Å². The Kier molecular flexibility index (Phi) is 6.03. The van der Waals surface area contributed by atoms with Gasteiger partial charge in [0, 0.05) is 0 Å². The molecule has 0 fully saturated rings. The van der Waals surface area contributed by atoms with Crippen molar-refractivity contribution in [1.82, 2.24) is 0 Å². The molecule has 1 amide bonds. The zero-order valence-electron chi connectivity index (χ0n) is 13.8. The Labute approximate surface area is 137 Å². The van der Waals surface area contributed by atoms with Gasteiger partial charge in [-0.25, -0.2) is 0 Å². The first kappa shape index (κ1) is 16.9. The maximum absolute atomic E-state index is 12.1. The summed E-state index contributed by atoms with van der Waals surface area (Å²) in [6.07, 6.45) is 0.906. The van der Waals surface area contributed by atoms with Crippen LogP contribution in [-0.4, -0.2) is 18.6 Å². The number of ether oxygens (including phenoxy) is 2. The maximum Gasteiger partial charge on any atom is 0.262 e. The van der Waals surface area contributed by atoms with Gasteiger partial charge in [0.1, 0.15) is 11.5 Å². The van der Waals surface area contributed by atoms with Crippen LogP contribution in [0, 0.1) is 0 Å². The Hall–Kier alpha value is -2.49. The predicted molar refractivity (Wildman–Crippen MR) is 92.2 cm³/mol. The lowest BCUT2D eigenvalue weighted by atomic mass is 10.1. The number of benzene rings is 2. The molecule has 0 bridgehead atoms. The molecular formula is C19H23NO3. The number of hydrogen-bond donors (Lipinski definition) is 1. The summed E-state index contributed by atoms with van der Waals surface area (Å²) in [4.78, 5) is 12.1. The van der Waals surface area contributed by atoms with Crippen LogP contribution in [0.15, 0.2) is 48.5 Å². The monoisotopic (exact) mass is 313 g/mol. The molecule has 0 saturated carbocycles. The average molecular weight is 313 g/mol. The van der Waals surface area contributed by atoms with Crippen LogP contribution in [0.5, 0.6) is 11.5 Å². The Morgan fingerprint density at radius 1 is 1.04 bits per heavy atom. The minimum atomic E-state index is -0.212. The van der Waals surface area contributed by atoms with Crippen LogP contribution in [0.1, 0.15) is 26.3 Å². The van der Waals surface area contributed by atoms with Crippen molar-refractivity contribution in [3.63, 3.8) is 0 Å². The van der Waals surface area contributed by atoms with Crippen LogP contribution < -0.4 is 14.8 Å². The van der Waals surface area contributed by atoms with E-state index in [1.807, 2.05) is 62.4 Å². The second-order valence-electron chi connectivity index (χ2n) is 5.46. The molecule has 4 nitrogen and oxygen atoms in total. The fourth-order valence-electron chi connectivity index (χ4n) is 2.19. The van der Waals surface area contributed by atoms with Gasteiger partial charge in [0.2, 0.25) is 0 Å². The minimum absolute atomic E-state index is 0.0347. The van der Waals surface area contributed by atoms with E-state index in [1.54, 1.807) is 0 Å². The lowest BCUT2D eigenvalue weighted by molar-refractivity contribution is -0.118. The van der Waals surface area contributed by atoms with Crippen LogP contribution in [-0.2, 0) is 11.2 Å². The first-order valence-corrected chi connectivity index (χ1v) is 7.86. The quantitative estimate of drug-likeness (QED) is 0.838. The third kappa shape index (κ3) is 5.02. The highest BCUT2D eigenvalue weighted by atomic mass is 16.5. The molecule has 122 valence electrons. The van der Waals surface area contributed by atoms with Gasteiger partial charge in [-0.15, -0.1) is 0 Å². The molecule has 4 heteroatoms. The van der Waals surface area contributed by atoms with Gasteiger partial charge < -0.3 is 14.8 Å². The fraction of sp³-hybridized carbons (Fsp3) is 0.316. The average Bonchev–Trinajstić information content (AvgIpc) is 2.54. The zero-order valence-corrected chi connectivity index (χ0v) is 13.8. The van der Waals surface area contributed by atoms with Crippen molar-refractivity contribution in [1.29, 1.82) is 0 Å². The third-order valence-corrected chi connectivity index (χ3v) is 3.24. The summed E-state index contributed by atoms with van der Waals surface area (Å²) in [7, 11) is 0. The smallest absolute Gasteiger partial charge is 0.262 e. The van der Waals surface area contributed by atoms with Crippen molar-refractivity contribution < 1.29 is 14.3 Å². The number of nitrogens with one attached hydrogen (secondary N) is 1. The maximum atomic E-state index is 12.1. The van der Waals surface area contributed by atoms with E-state index in [1.165, 1.54) is 0 Å². The molecule has 0 heterocycles. The van der Waals surface area contributed by atoms with E-state index in [9.17, 15) is 4.79 Å². The lowest BCUT2D eigenvalue weighted by Gasteiger charge is -2.15. The number of hydrogen-bond acceptors (Lipinski definition) is 3. The largest absolute Gasteiger partial charge is 0.489 e. The van der Waals surface area contributed by atoms with E-state index in [0.717, 1.165) is 17.7 Å². The number of para-hydroxylation sites is 3. The molecule has 2 aromatic rings. The van der Waals surface area contributed by atoms with Crippen LogP contribution in [0.3, 0.4) is 0 Å². The molecule has 0 aliphatic carbocycles. The van der Waals surface area contributed by atoms with Crippen LogP contribution in [0.4, 0.5) is 5.69 Å². The third-order valence-electron chi connectivity index (χ3n) is 3.24. The van der Waals surface area contributed by atoms with Gasteiger partial charge >= 0.3 is 0 Å². The Morgan fingerprint density at radius 2 is 1.70 bits per heavy atom. The molecule has 0 spiro atoms. The van der Waals surface area contributed by atoms with E-state index in [2.05, 4.69) is 12.2 Å². The summed E-state index contributed by atoms with van der Waals surface area (Å²) < 4.78 is 11.3. The second kappa shape index (κ2) is 8.22. The molecule has 2 aromatic carbocycles. The van der Waals surface area contributed by atoms with Crippen molar-refractivity contribution in [2.24, 2.45) is 0 Å².